The van der Waals surface area contributed by atoms with Crippen LogP contribution in [0.4, 0.5) is 4.39 Å². The molecule has 2 aromatic rings. The van der Waals surface area contributed by atoms with E-state index in [2.05, 4.69) is 10.2 Å². The number of amides is 1. The fraction of sp³-hybridized carbons (Fsp3) is 0.417. The van der Waals surface area contributed by atoms with Crippen LogP contribution in [-0.4, -0.2) is 42.8 Å². The van der Waals surface area contributed by atoms with Gasteiger partial charge in [0.15, 0.2) is 5.78 Å². The summed E-state index contributed by atoms with van der Waals surface area (Å²) < 4.78 is 13.1. The molecule has 0 radical (unpaired) electrons. The maximum Gasteiger partial charge on any atom is 0.251 e. The van der Waals surface area contributed by atoms with Gasteiger partial charge < -0.3 is 10.2 Å². The van der Waals surface area contributed by atoms with Crippen LogP contribution >= 0.6 is 11.6 Å². The lowest BCUT2D eigenvalue weighted by molar-refractivity contribution is 0.0835. The van der Waals surface area contributed by atoms with Gasteiger partial charge in [-0.05, 0) is 92.7 Å². The zero-order chi connectivity index (χ0) is 21.1. The van der Waals surface area contributed by atoms with Gasteiger partial charge in [0.1, 0.15) is 5.82 Å². The smallest absolute Gasteiger partial charge is 0.251 e. The zero-order valence-electron chi connectivity index (χ0n) is 16.8. The van der Waals surface area contributed by atoms with Crippen molar-refractivity contribution in [3.8, 4) is 0 Å². The molecule has 2 atom stereocenters. The second-order valence-corrected chi connectivity index (χ2v) is 8.86. The zero-order valence-corrected chi connectivity index (χ0v) is 17.6. The molecule has 0 aromatic heterocycles. The van der Waals surface area contributed by atoms with Gasteiger partial charge in [0.25, 0.3) is 5.91 Å². The van der Waals surface area contributed by atoms with Gasteiger partial charge >= 0.3 is 0 Å². The number of rotatable bonds is 7. The van der Waals surface area contributed by atoms with Gasteiger partial charge in [-0.25, -0.2) is 4.39 Å². The summed E-state index contributed by atoms with van der Waals surface area (Å²) in [5.74, 6) is 0.922. The van der Waals surface area contributed by atoms with Crippen LogP contribution in [0.3, 0.4) is 0 Å². The number of carbonyl (C=O) groups is 2. The number of hydrogen-bond acceptors (Lipinski definition) is 3. The Kier molecular flexibility index (Phi) is 6.49. The van der Waals surface area contributed by atoms with E-state index in [1.54, 1.807) is 36.4 Å². The van der Waals surface area contributed by atoms with Gasteiger partial charge in [-0.1, -0.05) is 11.6 Å². The van der Waals surface area contributed by atoms with E-state index >= 15 is 0 Å². The minimum atomic E-state index is -0.315. The summed E-state index contributed by atoms with van der Waals surface area (Å²) in [5, 5.41) is 3.64. The Labute approximate surface area is 181 Å². The van der Waals surface area contributed by atoms with Crippen molar-refractivity contribution in [2.45, 2.75) is 19.3 Å². The van der Waals surface area contributed by atoms with Crippen LogP contribution in [0.25, 0.3) is 0 Å². The number of carbonyl (C=O) groups excluding carboxylic acids is 2. The maximum absolute atomic E-state index is 13.1. The molecule has 2 aromatic carbocycles. The van der Waals surface area contributed by atoms with E-state index in [4.69, 9.17) is 11.6 Å². The first-order valence-corrected chi connectivity index (χ1v) is 10.9. The van der Waals surface area contributed by atoms with Crippen LogP contribution in [0, 0.1) is 23.6 Å². The largest absolute Gasteiger partial charge is 0.352 e. The molecule has 0 unspecified atom stereocenters. The second kappa shape index (κ2) is 9.27. The highest BCUT2D eigenvalue weighted by atomic mass is 35.5. The van der Waals surface area contributed by atoms with Gasteiger partial charge in [-0.15, -0.1) is 0 Å². The first kappa shape index (κ1) is 21.0. The number of nitrogens with zero attached hydrogens (tertiary/aromatic N) is 1. The number of piperidine rings is 1. The Morgan fingerprint density at radius 2 is 1.60 bits per heavy atom. The average Bonchev–Trinajstić information content (AvgIpc) is 3.51. The molecule has 1 aliphatic heterocycles. The highest BCUT2D eigenvalue weighted by Gasteiger charge is 2.39. The molecule has 1 amide bonds. The van der Waals surface area contributed by atoms with Gasteiger partial charge in [0, 0.05) is 35.2 Å². The molecular formula is C24H26ClFN2O2. The van der Waals surface area contributed by atoms with Gasteiger partial charge in [-0.3, -0.25) is 9.59 Å². The third kappa shape index (κ3) is 5.27. The van der Waals surface area contributed by atoms with Crippen molar-refractivity contribution in [1.29, 1.82) is 0 Å². The van der Waals surface area contributed by atoms with Gasteiger partial charge in [0.05, 0.1) is 0 Å². The number of Topliss-reactive ketones (excluding diaryl/α,β-unsaturated/α-hetero) is 1. The summed E-state index contributed by atoms with van der Waals surface area (Å²) >= 11 is 5.86. The van der Waals surface area contributed by atoms with Gasteiger partial charge in [0.2, 0.25) is 0 Å². The van der Waals surface area contributed by atoms with Crippen molar-refractivity contribution >= 4 is 23.3 Å². The summed E-state index contributed by atoms with van der Waals surface area (Å²) in [6, 6.07) is 12.8. The van der Waals surface area contributed by atoms with Crippen molar-refractivity contribution in [2.24, 2.45) is 17.8 Å². The van der Waals surface area contributed by atoms with Crippen molar-refractivity contribution < 1.29 is 14.0 Å². The molecular weight excluding hydrogens is 403 g/mol. The Morgan fingerprint density at radius 3 is 2.27 bits per heavy atom. The van der Waals surface area contributed by atoms with E-state index in [9.17, 15) is 14.0 Å². The van der Waals surface area contributed by atoms with Crippen LogP contribution < -0.4 is 5.32 Å². The molecule has 1 saturated carbocycles. The van der Waals surface area contributed by atoms with E-state index < -0.39 is 0 Å². The van der Waals surface area contributed by atoms with Crippen LogP contribution in [0.15, 0.2) is 48.5 Å². The monoisotopic (exact) mass is 428 g/mol. The predicted octanol–water partition coefficient (Wildman–Crippen LogP) is 4.44. The Bertz CT molecular complexity index is 892. The standard InChI is InChI=1S/C24H26ClFN2O2/c25-21-5-1-18(2-6-21)24(30)27-14-19-13-20(19)15-28-11-9-17(10-12-28)23(29)16-3-7-22(26)8-4-16/h1-8,17,19-20H,9-15H2,(H,27,30)/t19-,20-/m0/s1. The van der Waals surface area contributed by atoms with E-state index in [1.807, 2.05) is 0 Å². The summed E-state index contributed by atoms with van der Waals surface area (Å²) in [7, 11) is 0. The Morgan fingerprint density at radius 1 is 0.967 bits per heavy atom. The molecule has 1 saturated heterocycles. The highest BCUT2D eigenvalue weighted by Crippen LogP contribution is 2.39. The lowest BCUT2D eigenvalue weighted by Crippen LogP contribution is -2.38. The van der Waals surface area contributed by atoms with Crippen LogP contribution in [0.5, 0.6) is 0 Å². The average molecular weight is 429 g/mol. The molecule has 1 N–H and O–H groups in total. The number of hydrogen-bond donors (Lipinski definition) is 1. The SMILES string of the molecule is O=C(NC[C@@H]1C[C@H]1CN1CCC(C(=O)c2ccc(F)cc2)CC1)c1ccc(Cl)cc1. The topological polar surface area (TPSA) is 49.4 Å². The molecule has 4 rings (SSSR count). The Balaban J connectivity index is 1.16. The number of benzene rings is 2. The number of halogens is 2. The lowest BCUT2D eigenvalue weighted by Gasteiger charge is -2.31. The molecule has 1 aliphatic carbocycles. The normalized spacial score (nSPS) is 21.9. The maximum atomic E-state index is 13.1. The Hall–Kier alpha value is -2.24. The quantitative estimate of drug-likeness (QED) is 0.663. The van der Waals surface area contributed by atoms with E-state index in [1.165, 1.54) is 12.1 Å². The summed E-state index contributed by atoms with van der Waals surface area (Å²) in [4.78, 5) is 27.2. The van der Waals surface area contributed by atoms with Crippen LogP contribution in [0.1, 0.15) is 40.0 Å². The molecule has 2 fully saturated rings. The summed E-state index contributed by atoms with van der Waals surface area (Å²) in [6.45, 7) is 3.56. The fourth-order valence-electron chi connectivity index (χ4n) is 4.27. The molecule has 0 bridgehead atoms. The molecule has 158 valence electrons. The first-order valence-electron chi connectivity index (χ1n) is 10.6. The molecule has 2 aliphatic rings. The van der Waals surface area contributed by atoms with E-state index in [-0.39, 0.29) is 23.4 Å². The number of nitrogens with one attached hydrogen (secondary N) is 1. The minimum absolute atomic E-state index is 0.0281. The van der Waals surface area contributed by atoms with Gasteiger partial charge in [-0.2, -0.15) is 0 Å². The van der Waals surface area contributed by atoms with Crippen molar-refractivity contribution in [1.82, 2.24) is 10.2 Å². The summed E-state index contributed by atoms with van der Waals surface area (Å²) in [5.41, 5.74) is 1.23. The fourth-order valence-corrected chi connectivity index (χ4v) is 4.40. The number of ketones is 1. The van der Waals surface area contributed by atoms with Crippen molar-refractivity contribution in [2.75, 3.05) is 26.2 Å². The number of likely N-dealkylation sites (tertiary alicyclic amines) is 1. The van der Waals surface area contributed by atoms with Crippen LogP contribution in [-0.2, 0) is 0 Å². The third-order valence-corrected chi connectivity index (χ3v) is 6.53. The lowest BCUT2D eigenvalue weighted by atomic mass is 9.89. The molecule has 1 heterocycles. The first-order chi connectivity index (χ1) is 14.5. The van der Waals surface area contributed by atoms with Crippen molar-refractivity contribution in [3.05, 3.63) is 70.5 Å². The molecule has 30 heavy (non-hydrogen) atoms. The minimum Gasteiger partial charge on any atom is -0.352 e. The molecule has 0 spiro atoms. The third-order valence-electron chi connectivity index (χ3n) is 6.28. The molecule has 6 heteroatoms. The van der Waals surface area contributed by atoms with Crippen molar-refractivity contribution in [3.63, 3.8) is 0 Å². The second-order valence-electron chi connectivity index (χ2n) is 8.42. The van der Waals surface area contributed by atoms with E-state index in [0.29, 0.717) is 34.5 Å². The van der Waals surface area contributed by atoms with E-state index in [0.717, 1.165) is 38.9 Å². The predicted molar refractivity (Wildman–Crippen MR) is 115 cm³/mol. The molecule has 4 nitrogen and oxygen atoms in total. The summed E-state index contributed by atoms with van der Waals surface area (Å²) in [6.07, 6.45) is 2.83. The highest BCUT2D eigenvalue weighted by molar-refractivity contribution is 6.30. The van der Waals surface area contributed by atoms with Crippen LogP contribution in [0.2, 0.25) is 5.02 Å².